The fraction of sp³-hybridized carbons (Fsp3) is 0.571. The van der Waals surface area contributed by atoms with Gasteiger partial charge in [-0.15, -0.1) is 0 Å². The van der Waals surface area contributed by atoms with Gasteiger partial charge in [-0.1, -0.05) is 12.1 Å². The molecular weight excluding hydrogens is 228 g/mol. The van der Waals surface area contributed by atoms with Gasteiger partial charge in [0.1, 0.15) is 0 Å². The van der Waals surface area contributed by atoms with Crippen LogP contribution in [0.3, 0.4) is 0 Å². The summed E-state index contributed by atoms with van der Waals surface area (Å²) < 4.78 is 5.48. The van der Waals surface area contributed by atoms with Gasteiger partial charge in [0.05, 0.1) is 19.3 Å². The number of hydrogen-bond acceptors (Lipinski definition) is 4. The SMILES string of the molecule is CC1(C)COCCN1CC(O)c1cccc(N)c1. The first-order valence-electron chi connectivity index (χ1n) is 6.35. The molecule has 100 valence electrons. The molecule has 1 saturated heterocycles. The number of nitrogens with two attached hydrogens (primary N) is 1. The fourth-order valence-electron chi connectivity index (χ4n) is 2.31. The van der Waals surface area contributed by atoms with Gasteiger partial charge in [0.2, 0.25) is 0 Å². The van der Waals surface area contributed by atoms with Crippen molar-refractivity contribution in [2.45, 2.75) is 25.5 Å². The second kappa shape index (κ2) is 5.26. The summed E-state index contributed by atoms with van der Waals surface area (Å²) in [5.41, 5.74) is 7.27. The Balaban J connectivity index is 2.04. The predicted molar refractivity (Wildman–Crippen MR) is 72.3 cm³/mol. The highest BCUT2D eigenvalue weighted by atomic mass is 16.5. The lowest BCUT2D eigenvalue weighted by Crippen LogP contribution is -2.54. The van der Waals surface area contributed by atoms with Crippen molar-refractivity contribution in [2.24, 2.45) is 0 Å². The molecular formula is C14H22N2O2. The number of benzene rings is 1. The van der Waals surface area contributed by atoms with Crippen LogP contribution in [0.25, 0.3) is 0 Å². The van der Waals surface area contributed by atoms with Gasteiger partial charge in [-0.05, 0) is 31.5 Å². The summed E-state index contributed by atoms with van der Waals surface area (Å²) in [7, 11) is 0. The Morgan fingerprint density at radius 3 is 2.94 bits per heavy atom. The second-order valence-electron chi connectivity index (χ2n) is 5.50. The molecule has 1 aliphatic rings. The molecule has 0 spiro atoms. The Kier molecular flexibility index (Phi) is 3.90. The number of aliphatic hydroxyl groups is 1. The highest BCUT2D eigenvalue weighted by Gasteiger charge is 2.31. The largest absolute Gasteiger partial charge is 0.399 e. The van der Waals surface area contributed by atoms with Gasteiger partial charge in [-0.25, -0.2) is 0 Å². The number of aliphatic hydroxyl groups excluding tert-OH is 1. The molecule has 0 amide bonds. The number of nitrogen functional groups attached to an aromatic ring is 1. The van der Waals surface area contributed by atoms with Crippen LogP contribution in [0.4, 0.5) is 5.69 Å². The predicted octanol–water partition coefficient (Wildman–Crippen LogP) is 1.41. The van der Waals surface area contributed by atoms with E-state index in [4.69, 9.17) is 10.5 Å². The quantitative estimate of drug-likeness (QED) is 0.796. The van der Waals surface area contributed by atoms with E-state index in [0.29, 0.717) is 18.8 Å². The van der Waals surface area contributed by atoms with Crippen LogP contribution in [-0.2, 0) is 4.74 Å². The number of nitrogens with zero attached hydrogens (tertiary/aromatic N) is 1. The highest BCUT2D eigenvalue weighted by molar-refractivity contribution is 5.41. The molecule has 1 aromatic carbocycles. The van der Waals surface area contributed by atoms with Crippen LogP contribution in [-0.4, -0.2) is 41.8 Å². The third kappa shape index (κ3) is 3.02. The lowest BCUT2D eigenvalue weighted by Gasteiger charge is -2.43. The molecule has 1 fully saturated rings. The number of β-amino-alcohol motifs (C(OH)–C–C–N with tert-alkyl or cyclic N) is 1. The summed E-state index contributed by atoms with van der Waals surface area (Å²) in [5, 5.41) is 10.3. The first kappa shape index (κ1) is 13.3. The lowest BCUT2D eigenvalue weighted by atomic mass is 10.00. The van der Waals surface area contributed by atoms with Crippen LogP contribution in [0.5, 0.6) is 0 Å². The second-order valence-corrected chi connectivity index (χ2v) is 5.50. The van der Waals surface area contributed by atoms with Gasteiger partial charge in [-0.3, -0.25) is 4.90 Å². The van der Waals surface area contributed by atoms with E-state index in [-0.39, 0.29) is 5.54 Å². The van der Waals surface area contributed by atoms with E-state index in [9.17, 15) is 5.11 Å². The van der Waals surface area contributed by atoms with Crippen molar-refractivity contribution in [2.75, 3.05) is 32.0 Å². The Labute approximate surface area is 108 Å². The van der Waals surface area contributed by atoms with Gasteiger partial charge < -0.3 is 15.6 Å². The van der Waals surface area contributed by atoms with Gasteiger partial charge in [0, 0.05) is 24.3 Å². The molecule has 0 aromatic heterocycles. The van der Waals surface area contributed by atoms with E-state index in [1.54, 1.807) is 0 Å². The normalized spacial score (nSPS) is 21.7. The van der Waals surface area contributed by atoms with Crippen molar-refractivity contribution in [3.8, 4) is 0 Å². The van der Waals surface area contributed by atoms with E-state index in [2.05, 4.69) is 18.7 Å². The van der Waals surface area contributed by atoms with Crippen LogP contribution in [0.2, 0.25) is 0 Å². The maximum absolute atomic E-state index is 10.3. The van der Waals surface area contributed by atoms with Crippen LogP contribution in [0.1, 0.15) is 25.5 Å². The minimum Gasteiger partial charge on any atom is -0.399 e. The zero-order chi connectivity index (χ0) is 13.2. The molecule has 1 aliphatic heterocycles. The van der Waals surface area contributed by atoms with Gasteiger partial charge in [-0.2, -0.15) is 0 Å². The maximum atomic E-state index is 10.3. The van der Waals surface area contributed by atoms with Crippen molar-refractivity contribution >= 4 is 5.69 Å². The van der Waals surface area contributed by atoms with Gasteiger partial charge >= 0.3 is 0 Å². The van der Waals surface area contributed by atoms with E-state index in [1.807, 2.05) is 24.3 Å². The summed E-state index contributed by atoms with van der Waals surface area (Å²) in [4.78, 5) is 2.27. The molecule has 1 atom stereocenters. The summed E-state index contributed by atoms with van der Waals surface area (Å²) in [6.45, 7) is 7.17. The molecule has 1 heterocycles. The first-order valence-corrected chi connectivity index (χ1v) is 6.35. The highest BCUT2D eigenvalue weighted by Crippen LogP contribution is 2.24. The Morgan fingerprint density at radius 1 is 1.50 bits per heavy atom. The lowest BCUT2D eigenvalue weighted by molar-refractivity contribution is -0.0667. The molecule has 2 rings (SSSR count). The fourth-order valence-corrected chi connectivity index (χ4v) is 2.31. The molecule has 4 nitrogen and oxygen atoms in total. The molecule has 3 N–H and O–H groups in total. The third-order valence-electron chi connectivity index (χ3n) is 3.51. The maximum Gasteiger partial charge on any atom is 0.0917 e. The number of anilines is 1. The number of morpholine rings is 1. The molecule has 1 unspecified atom stereocenters. The summed E-state index contributed by atoms with van der Waals surface area (Å²) >= 11 is 0. The van der Waals surface area contributed by atoms with Crippen LogP contribution < -0.4 is 5.73 Å². The van der Waals surface area contributed by atoms with Crippen molar-refractivity contribution in [1.29, 1.82) is 0 Å². The summed E-state index contributed by atoms with van der Waals surface area (Å²) in [5.74, 6) is 0. The molecule has 1 aromatic rings. The molecule has 0 radical (unpaired) electrons. The molecule has 18 heavy (non-hydrogen) atoms. The first-order chi connectivity index (χ1) is 8.49. The third-order valence-corrected chi connectivity index (χ3v) is 3.51. The average Bonchev–Trinajstić information content (AvgIpc) is 2.31. The Morgan fingerprint density at radius 2 is 2.28 bits per heavy atom. The van der Waals surface area contributed by atoms with E-state index >= 15 is 0 Å². The molecule has 4 heteroatoms. The van der Waals surface area contributed by atoms with Gasteiger partial charge in [0.25, 0.3) is 0 Å². The Bertz CT molecular complexity index is 407. The van der Waals surface area contributed by atoms with Crippen molar-refractivity contribution in [3.05, 3.63) is 29.8 Å². The minimum atomic E-state index is -0.508. The Hall–Kier alpha value is -1.10. The summed E-state index contributed by atoms with van der Waals surface area (Å²) in [6, 6.07) is 7.44. The monoisotopic (exact) mass is 250 g/mol. The standard InChI is InChI=1S/C14H22N2O2/c1-14(2)10-18-7-6-16(14)9-13(17)11-4-3-5-12(15)8-11/h3-5,8,13,17H,6-7,9-10,15H2,1-2H3. The van der Waals surface area contributed by atoms with E-state index in [1.165, 1.54) is 0 Å². The average molecular weight is 250 g/mol. The smallest absolute Gasteiger partial charge is 0.0917 e. The van der Waals surface area contributed by atoms with Crippen LogP contribution >= 0.6 is 0 Å². The van der Waals surface area contributed by atoms with E-state index < -0.39 is 6.10 Å². The van der Waals surface area contributed by atoms with E-state index in [0.717, 1.165) is 18.7 Å². The van der Waals surface area contributed by atoms with Crippen molar-refractivity contribution in [3.63, 3.8) is 0 Å². The summed E-state index contributed by atoms with van der Waals surface area (Å²) in [6.07, 6.45) is -0.508. The zero-order valence-electron chi connectivity index (χ0n) is 11.1. The van der Waals surface area contributed by atoms with Gasteiger partial charge in [0.15, 0.2) is 0 Å². The van der Waals surface area contributed by atoms with Crippen LogP contribution in [0, 0.1) is 0 Å². The molecule has 0 aliphatic carbocycles. The van der Waals surface area contributed by atoms with Crippen molar-refractivity contribution < 1.29 is 9.84 Å². The number of rotatable bonds is 3. The van der Waals surface area contributed by atoms with Crippen LogP contribution in [0.15, 0.2) is 24.3 Å². The number of ether oxygens (including phenoxy) is 1. The topological polar surface area (TPSA) is 58.7 Å². The number of hydrogen-bond donors (Lipinski definition) is 2. The minimum absolute atomic E-state index is 0.0282. The zero-order valence-corrected chi connectivity index (χ0v) is 11.1. The molecule has 0 saturated carbocycles. The van der Waals surface area contributed by atoms with Crippen molar-refractivity contribution in [1.82, 2.24) is 4.90 Å². The molecule has 0 bridgehead atoms.